The third-order valence-corrected chi connectivity index (χ3v) is 4.50. The topological polar surface area (TPSA) is 68.5 Å². The SMILES string of the molecule is COC1CCN(C(=O)CCc2nc(-c3ccc(Cl)cc3)no2)CC1. The lowest BCUT2D eigenvalue weighted by Crippen LogP contribution is -2.40. The van der Waals surface area contributed by atoms with Crippen LogP contribution in [0.15, 0.2) is 28.8 Å². The Morgan fingerprint density at radius 2 is 2.04 bits per heavy atom. The number of nitrogens with zero attached hydrogens (tertiary/aromatic N) is 3. The van der Waals surface area contributed by atoms with E-state index in [1.807, 2.05) is 17.0 Å². The summed E-state index contributed by atoms with van der Waals surface area (Å²) in [5.41, 5.74) is 0.836. The maximum absolute atomic E-state index is 12.3. The number of benzene rings is 1. The first kappa shape index (κ1) is 16.9. The zero-order valence-corrected chi connectivity index (χ0v) is 14.3. The molecule has 0 bridgehead atoms. The maximum atomic E-state index is 12.3. The number of rotatable bonds is 5. The van der Waals surface area contributed by atoms with E-state index in [0.29, 0.717) is 29.6 Å². The maximum Gasteiger partial charge on any atom is 0.227 e. The Labute approximate surface area is 145 Å². The first-order valence-electron chi connectivity index (χ1n) is 8.05. The van der Waals surface area contributed by atoms with Crippen molar-refractivity contribution in [2.45, 2.75) is 31.8 Å². The largest absolute Gasteiger partial charge is 0.381 e. The number of aromatic nitrogens is 2. The average molecular weight is 350 g/mol. The number of carbonyl (C=O) groups is 1. The van der Waals surface area contributed by atoms with E-state index in [1.54, 1.807) is 19.2 Å². The van der Waals surface area contributed by atoms with Crippen molar-refractivity contribution >= 4 is 17.5 Å². The van der Waals surface area contributed by atoms with Gasteiger partial charge in [-0.3, -0.25) is 4.79 Å². The number of ether oxygens (including phenoxy) is 1. The van der Waals surface area contributed by atoms with E-state index in [1.165, 1.54) is 0 Å². The van der Waals surface area contributed by atoms with Crippen molar-refractivity contribution in [2.24, 2.45) is 0 Å². The van der Waals surface area contributed by atoms with Crippen LogP contribution in [-0.2, 0) is 16.0 Å². The quantitative estimate of drug-likeness (QED) is 0.830. The number of aryl methyl sites for hydroxylation is 1. The number of amides is 1. The lowest BCUT2D eigenvalue weighted by Gasteiger charge is -2.31. The van der Waals surface area contributed by atoms with Gasteiger partial charge in [0.15, 0.2) is 0 Å². The summed E-state index contributed by atoms with van der Waals surface area (Å²) in [6, 6.07) is 7.23. The molecule has 0 unspecified atom stereocenters. The van der Waals surface area contributed by atoms with Gasteiger partial charge in [0.2, 0.25) is 17.6 Å². The van der Waals surface area contributed by atoms with Crippen molar-refractivity contribution in [3.8, 4) is 11.4 Å². The smallest absolute Gasteiger partial charge is 0.227 e. The molecule has 6 nitrogen and oxygen atoms in total. The molecule has 3 rings (SSSR count). The van der Waals surface area contributed by atoms with Gasteiger partial charge in [-0.05, 0) is 37.1 Å². The highest BCUT2D eigenvalue weighted by atomic mass is 35.5. The fourth-order valence-corrected chi connectivity index (χ4v) is 2.91. The minimum absolute atomic E-state index is 0.121. The Bertz CT molecular complexity index is 679. The highest BCUT2D eigenvalue weighted by Gasteiger charge is 2.22. The number of likely N-dealkylation sites (tertiary alicyclic amines) is 1. The van der Waals surface area contributed by atoms with Crippen molar-refractivity contribution in [3.05, 3.63) is 35.2 Å². The van der Waals surface area contributed by atoms with E-state index in [9.17, 15) is 4.79 Å². The van der Waals surface area contributed by atoms with Crippen LogP contribution >= 0.6 is 11.6 Å². The lowest BCUT2D eigenvalue weighted by atomic mass is 10.1. The van der Waals surface area contributed by atoms with Crippen LogP contribution in [0, 0.1) is 0 Å². The molecule has 2 heterocycles. The molecule has 1 aromatic carbocycles. The molecule has 24 heavy (non-hydrogen) atoms. The second-order valence-electron chi connectivity index (χ2n) is 5.83. The van der Waals surface area contributed by atoms with Crippen molar-refractivity contribution in [3.63, 3.8) is 0 Å². The number of hydrogen-bond acceptors (Lipinski definition) is 5. The minimum Gasteiger partial charge on any atom is -0.381 e. The molecule has 1 aliphatic heterocycles. The molecule has 0 spiro atoms. The molecule has 0 atom stereocenters. The Balaban J connectivity index is 1.52. The first-order chi connectivity index (χ1) is 11.7. The van der Waals surface area contributed by atoms with Gasteiger partial charge < -0.3 is 14.2 Å². The normalized spacial score (nSPS) is 15.7. The van der Waals surface area contributed by atoms with E-state index in [0.717, 1.165) is 31.5 Å². The number of piperidine rings is 1. The fraction of sp³-hybridized carbons (Fsp3) is 0.471. The summed E-state index contributed by atoms with van der Waals surface area (Å²) in [6.07, 6.45) is 2.88. The summed E-state index contributed by atoms with van der Waals surface area (Å²) in [5.74, 6) is 1.10. The first-order valence-corrected chi connectivity index (χ1v) is 8.42. The zero-order chi connectivity index (χ0) is 16.9. The van der Waals surface area contributed by atoms with Crippen molar-refractivity contribution in [2.75, 3.05) is 20.2 Å². The molecule has 0 aliphatic carbocycles. The predicted molar refractivity (Wildman–Crippen MR) is 89.7 cm³/mol. The molecule has 1 aromatic heterocycles. The Morgan fingerprint density at radius 1 is 1.33 bits per heavy atom. The summed E-state index contributed by atoms with van der Waals surface area (Å²) < 4.78 is 10.6. The van der Waals surface area contributed by atoms with Crippen LogP contribution in [0.1, 0.15) is 25.2 Å². The van der Waals surface area contributed by atoms with Gasteiger partial charge in [0.25, 0.3) is 0 Å². The zero-order valence-electron chi connectivity index (χ0n) is 13.6. The second-order valence-corrected chi connectivity index (χ2v) is 6.27. The van der Waals surface area contributed by atoms with Gasteiger partial charge in [-0.1, -0.05) is 16.8 Å². The van der Waals surface area contributed by atoms with Crippen LogP contribution in [0.3, 0.4) is 0 Å². The highest BCUT2D eigenvalue weighted by Crippen LogP contribution is 2.19. The van der Waals surface area contributed by atoms with Gasteiger partial charge in [-0.2, -0.15) is 4.98 Å². The van der Waals surface area contributed by atoms with Crippen LogP contribution in [0.5, 0.6) is 0 Å². The summed E-state index contributed by atoms with van der Waals surface area (Å²) in [6.45, 7) is 1.49. The van der Waals surface area contributed by atoms with E-state index in [-0.39, 0.29) is 12.0 Å². The lowest BCUT2D eigenvalue weighted by molar-refractivity contribution is -0.133. The molecule has 1 aliphatic rings. The van der Waals surface area contributed by atoms with E-state index >= 15 is 0 Å². The fourth-order valence-electron chi connectivity index (χ4n) is 2.79. The molecule has 7 heteroatoms. The summed E-state index contributed by atoms with van der Waals surface area (Å²) >= 11 is 5.87. The average Bonchev–Trinajstić information content (AvgIpc) is 3.09. The summed E-state index contributed by atoms with van der Waals surface area (Å²) in [7, 11) is 1.72. The highest BCUT2D eigenvalue weighted by molar-refractivity contribution is 6.30. The number of carbonyl (C=O) groups excluding carboxylic acids is 1. The third kappa shape index (κ3) is 4.13. The Morgan fingerprint density at radius 3 is 2.71 bits per heavy atom. The molecule has 128 valence electrons. The second kappa shape index (κ2) is 7.77. The summed E-state index contributed by atoms with van der Waals surface area (Å²) in [5, 5.41) is 4.61. The van der Waals surface area contributed by atoms with E-state index in [2.05, 4.69) is 10.1 Å². The Hall–Kier alpha value is -1.92. The van der Waals surface area contributed by atoms with Gasteiger partial charge in [-0.25, -0.2) is 0 Å². The molecular weight excluding hydrogens is 330 g/mol. The molecule has 2 aromatic rings. The van der Waals surface area contributed by atoms with Gasteiger partial charge >= 0.3 is 0 Å². The molecular formula is C17H20ClN3O3. The molecule has 1 amide bonds. The minimum atomic E-state index is 0.121. The van der Waals surface area contributed by atoms with Crippen LogP contribution < -0.4 is 0 Å². The van der Waals surface area contributed by atoms with Crippen LogP contribution in [0.2, 0.25) is 5.02 Å². The molecule has 1 fully saturated rings. The molecule has 1 saturated heterocycles. The third-order valence-electron chi connectivity index (χ3n) is 4.25. The van der Waals surface area contributed by atoms with Crippen LogP contribution in [0.4, 0.5) is 0 Å². The van der Waals surface area contributed by atoms with Crippen molar-refractivity contribution < 1.29 is 14.1 Å². The van der Waals surface area contributed by atoms with Gasteiger partial charge in [-0.15, -0.1) is 0 Å². The number of hydrogen-bond donors (Lipinski definition) is 0. The molecule has 0 saturated carbocycles. The van der Waals surface area contributed by atoms with Crippen LogP contribution in [-0.4, -0.2) is 47.3 Å². The van der Waals surface area contributed by atoms with E-state index in [4.69, 9.17) is 20.9 Å². The van der Waals surface area contributed by atoms with E-state index < -0.39 is 0 Å². The van der Waals surface area contributed by atoms with Gasteiger partial charge in [0, 0.05) is 43.6 Å². The van der Waals surface area contributed by atoms with Gasteiger partial charge in [0.05, 0.1) is 6.10 Å². The molecule has 0 radical (unpaired) electrons. The van der Waals surface area contributed by atoms with Crippen molar-refractivity contribution in [1.82, 2.24) is 15.0 Å². The Kier molecular flexibility index (Phi) is 5.48. The number of methoxy groups -OCH3 is 1. The number of halogens is 1. The van der Waals surface area contributed by atoms with Gasteiger partial charge in [0.1, 0.15) is 0 Å². The van der Waals surface area contributed by atoms with Crippen molar-refractivity contribution in [1.29, 1.82) is 0 Å². The molecule has 0 N–H and O–H groups in total. The summed E-state index contributed by atoms with van der Waals surface area (Å²) in [4.78, 5) is 18.5. The monoisotopic (exact) mass is 349 g/mol. The predicted octanol–water partition coefficient (Wildman–Crippen LogP) is 2.96. The standard InChI is InChI=1S/C17H20ClN3O3/c1-23-14-8-10-21(11-9-14)16(22)7-6-15-19-17(20-24-15)12-2-4-13(18)5-3-12/h2-5,14H,6-11H2,1H3. The van der Waals surface area contributed by atoms with Crippen LogP contribution in [0.25, 0.3) is 11.4 Å².